The number of rotatable bonds is 3. The van der Waals surface area contributed by atoms with Crippen LogP contribution in [0.3, 0.4) is 0 Å². The van der Waals surface area contributed by atoms with Crippen molar-refractivity contribution in [1.29, 1.82) is 0 Å². The lowest BCUT2D eigenvalue weighted by Crippen LogP contribution is -2.29. The number of hydrogen-bond acceptors (Lipinski definition) is 7. The molecule has 0 saturated heterocycles. The van der Waals surface area contributed by atoms with Crippen LogP contribution in [0.5, 0.6) is 0 Å². The van der Waals surface area contributed by atoms with Gasteiger partial charge in [0.15, 0.2) is 0 Å². The van der Waals surface area contributed by atoms with Gasteiger partial charge in [-0.05, 0) is 30.5 Å². The first-order valence-corrected chi connectivity index (χ1v) is 11.0. The van der Waals surface area contributed by atoms with E-state index >= 15 is 0 Å². The van der Waals surface area contributed by atoms with Gasteiger partial charge in [0.25, 0.3) is 0 Å². The lowest BCUT2D eigenvalue weighted by Gasteiger charge is -2.24. The summed E-state index contributed by atoms with van der Waals surface area (Å²) in [7, 11) is 0. The van der Waals surface area contributed by atoms with E-state index in [9.17, 15) is 5.11 Å². The molecule has 4 aromatic rings. The molecule has 158 valence electrons. The van der Waals surface area contributed by atoms with Gasteiger partial charge in [-0.2, -0.15) is 4.98 Å². The maximum absolute atomic E-state index is 10.3. The molecule has 1 atom stereocenters. The van der Waals surface area contributed by atoms with E-state index in [2.05, 4.69) is 30.2 Å². The van der Waals surface area contributed by atoms with Gasteiger partial charge in [0.2, 0.25) is 5.95 Å². The second-order valence-corrected chi connectivity index (χ2v) is 8.50. The van der Waals surface area contributed by atoms with Crippen LogP contribution < -0.4 is 10.6 Å². The van der Waals surface area contributed by atoms with Crippen LogP contribution in [0.4, 0.5) is 11.8 Å². The number of nitrogens with one attached hydrogen (secondary N) is 2. The number of aromatic nitrogens is 5. The van der Waals surface area contributed by atoms with Crippen LogP contribution in [0.2, 0.25) is 0 Å². The molecule has 8 heteroatoms. The molecule has 1 aliphatic heterocycles. The van der Waals surface area contributed by atoms with Gasteiger partial charge in [-0.25, -0.2) is 9.97 Å². The Labute approximate surface area is 179 Å². The molecular formula is C23H25N7O. The van der Waals surface area contributed by atoms with Crippen molar-refractivity contribution in [2.45, 2.75) is 50.8 Å². The van der Waals surface area contributed by atoms with Gasteiger partial charge in [-0.1, -0.05) is 25.3 Å². The Hall–Kier alpha value is -3.10. The average molecular weight is 416 g/mol. The number of anilines is 2. The number of β-amino-alcohol motifs (C(OH)–C–C–N with tert-alkyl or cyclic N) is 1. The highest BCUT2D eigenvalue weighted by Gasteiger charge is 2.23. The van der Waals surface area contributed by atoms with E-state index in [1.54, 1.807) is 0 Å². The molecule has 1 saturated carbocycles. The molecule has 1 unspecified atom stereocenters. The number of pyridine rings is 2. The van der Waals surface area contributed by atoms with Crippen LogP contribution in [-0.4, -0.2) is 36.2 Å². The molecular weight excluding hydrogens is 390 g/mol. The van der Waals surface area contributed by atoms with Crippen molar-refractivity contribution in [3.8, 4) is 0 Å². The van der Waals surface area contributed by atoms with E-state index in [0.717, 1.165) is 34.0 Å². The van der Waals surface area contributed by atoms with Crippen molar-refractivity contribution >= 4 is 33.7 Å². The van der Waals surface area contributed by atoms with E-state index < -0.39 is 6.10 Å². The maximum Gasteiger partial charge on any atom is 0.230 e. The largest absolute Gasteiger partial charge is 0.385 e. The van der Waals surface area contributed by atoms with Crippen LogP contribution >= 0.6 is 0 Å². The summed E-state index contributed by atoms with van der Waals surface area (Å²) in [6, 6.07) is 6.38. The van der Waals surface area contributed by atoms with Crippen LogP contribution in [0.15, 0.2) is 36.8 Å². The molecule has 3 N–H and O–H groups in total. The standard InChI is InChI=1S/C23H25N7O/c31-19-13-25-10-14-6-7-20(27-21(14)19)28-23-26-11-17-16-8-9-24-12-18(16)30(22(17)29-23)15-4-2-1-3-5-15/h6-9,11-12,15,19,25,31H,1-5,10,13H2,(H,26,27,28,29). The number of hydrogen-bond donors (Lipinski definition) is 3. The zero-order chi connectivity index (χ0) is 20.8. The fraction of sp³-hybridized carbons (Fsp3) is 0.391. The second kappa shape index (κ2) is 7.55. The highest BCUT2D eigenvalue weighted by atomic mass is 16.3. The number of nitrogens with zero attached hydrogens (tertiary/aromatic N) is 5. The number of aliphatic hydroxyl groups is 1. The topological polar surface area (TPSA) is 101 Å². The molecule has 0 aromatic carbocycles. The van der Waals surface area contributed by atoms with Gasteiger partial charge in [0, 0.05) is 42.3 Å². The monoisotopic (exact) mass is 415 g/mol. The molecule has 0 amide bonds. The van der Waals surface area contributed by atoms with Gasteiger partial charge < -0.3 is 20.3 Å². The normalized spacial score (nSPS) is 19.6. The zero-order valence-electron chi connectivity index (χ0n) is 17.3. The number of aliphatic hydroxyl groups excluding tert-OH is 1. The molecule has 6 rings (SSSR count). The van der Waals surface area contributed by atoms with Crippen molar-refractivity contribution in [2.24, 2.45) is 0 Å². The molecule has 31 heavy (non-hydrogen) atoms. The highest BCUT2D eigenvalue weighted by molar-refractivity contribution is 6.06. The van der Waals surface area contributed by atoms with Gasteiger partial charge in [0.1, 0.15) is 17.6 Å². The Kier molecular flexibility index (Phi) is 4.54. The molecule has 8 nitrogen and oxygen atoms in total. The molecule has 0 bridgehead atoms. The summed E-state index contributed by atoms with van der Waals surface area (Å²) in [5.74, 6) is 1.15. The lowest BCUT2D eigenvalue weighted by molar-refractivity contribution is 0.160. The Morgan fingerprint density at radius 2 is 1.94 bits per heavy atom. The summed E-state index contributed by atoms with van der Waals surface area (Å²) in [5, 5.41) is 18.9. The fourth-order valence-electron chi connectivity index (χ4n) is 5.00. The minimum absolute atomic E-state index is 0.435. The Bertz CT molecular complexity index is 1260. The van der Waals surface area contributed by atoms with Crippen molar-refractivity contribution in [1.82, 2.24) is 29.8 Å². The third kappa shape index (κ3) is 3.23. The molecule has 4 aromatic heterocycles. The van der Waals surface area contributed by atoms with Gasteiger partial charge in [0.05, 0.1) is 17.4 Å². The molecule has 2 aliphatic rings. The number of fused-ring (bicyclic) bond motifs is 4. The van der Waals surface area contributed by atoms with Crippen molar-refractivity contribution in [2.75, 3.05) is 11.9 Å². The third-order valence-corrected chi connectivity index (χ3v) is 6.51. The molecule has 1 fully saturated rings. The second-order valence-electron chi connectivity index (χ2n) is 8.50. The lowest BCUT2D eigenvalue weighted by atomic mass is 9.95. The Morgan fingerprint density at radius 1 is 1.03 bits per heavy atom. The third-order valence-electron chi connectivity index (χ3n) is 6.51. The van der Waals surface area contributed by atoms with Crippen LogP contribution in [0.25, 0.3) is 21.9 Å². The first kappa shape index (κ1) is 18.7. The van der Waals surface area contributed by atoms with Gasteiger partial charge >= 0.3 is 0 Å². The average Bonchev–Trinajstić information content (AvgIpc) is 3.14. The van der Waals surface area contributed by atoms with Crippen LogP contribution in [0.1, 0.15) is 55.5 Å². The zero-order valence-corrected chi connectivity index (χ0v) is 17.3. The fourth-order valence-corrected chi connectivity index (χ4v) is 5.00. The minimum Gasteiger partial charge on any atom is -0.385 e. The van der Waals surface area contributed by atoms with Crippen molar-refractivity contribution in [3.05, 3.63) is 48.0 Å². The summed E-state index contributed by atoms with van der Waals surface area (Å²) < 4.78 is 2.36. The summed E-state index contributed by atoms with van der Waals surface area (Å²) in [6.45, 7) is 1.24. The highest BCUT2D eigenvalue weighted by Crippen LogP contribution is 2.36. The van der Waals surface area contributed by atoms with Crippen molar-refractivity contribution in [3.63, 3.8) is 0 Å². The van der Waals surface area contributed by atoms with E-state index in [-0.39, 0.29) is 0 Å². The van der Waals surface area contributed by atoms with E-state index in [1.165, 1.54) is 32.1 Å². The predicted molar refractivity (Wildman–Crippen MR) is 119 cm³/mol. The summed E-state index contributed by atoms with van der Waals surface area (Å²) in [4.78, 5) is 18.5. The summed E-state index contributed by atoms with van der Waals surface area (Å²) in [5.41, 5.74) is 3.80. The molecule has 5 heterocycles. The van der Waals surface area contributed by atoms with E-state index in [0.29, 0.717) is 30.0 Å². The van der Waals surface area contributed by atoms with Gasteiger partial charge in [-0.3, -0.25) is 4.98 Å². The SMILES string of the molecule is OC1CNCc2ccc(Nc3ncc4c5ccncc5n(C5CCCCC5)c4n3)nc21. The molecule has 0 radical (unpaired) electrons. The van der Waals surface area contributed by atoms with Crippen LogP contribution in [-0.2, 0) is 6.54 Å². The van der Waals surface area contributed by atoms with E-state index in [1.807, 2.05) is 36.8 Å². The molecule has 1 aliphatic carbocycles. The first-order chi connectivity index (χ1) is 15.3. The van der Waals surface area contributed by atoms with Gasteiger partial charge in [-0.15, -0.1) is 0 Å². The van der Waals surface area contributed by atoms with Crippen molar-refractivity contribution < 1.29 is 5.11 Å². The molecule has 0 spiro atoms. The first-order valence-electron chi connectivity index (χ1n) is 11.0. The maximum atomic E-state index is 10.3. The minimum atomic E-state index is -0.602. The predicted octanol–water partition coefficient (Wildman–Crippen LogP) is 3.76. The smallest absolute Gasteiger partial charge is 0.230 e. The van der Waals surface area contributed by atoms with Crippen LogP contribution in [0, 0.1) is 0 Å². The summed E-state index contributed by atoms with van der Waals surface area (Å²) in [6.07, 6.45) is 11.2. The summed E-state index contributed by atoms with van der Waals surface area (Å²) >= 11 is 0. The Morgan fingerprint density at radius 3 is 2.84 bits per heavy atom. The quantitative estimate of drug-likeness (QED) is 0.468. The van der Waals surface area contributed by atoms with E-state index in [4.69, 9.17) is 4.98 Å². The Balaban J connectivity index is 1.42.